The van der Waals surface area contributed by atoms with Gasteiger partial charge in [0.05, 0.1) is 0 Å². The zero-order chi connectivity index (χ0) is 13.5. The van der Waals surface area contributed by atoms with Crippen molar-refractivity contribution in [3.63, 3.8) is 0 Å². The van der Waals surface area contributed by atoms with Gasteiger partial charge in [-0.2, -0.15) is 0 Å². The SMILES string of the molecule is C=C(C)[C]1(C)[CH2][Ge]1([c]1ccccc1)[c]1ccccc1. The Hall–Kier alpha value is -1.28. The van der Waals surface area contributed by atoms with E-state index in [0.29, 0.717) is 4.25 Å². The number of benzene rings is 2. The summed E-state index contributed by atoms with van der Waals surface area (Å²) in [7, 11) is 0. The fourth-order valence-electron chi connectivity index (χ4n) is 3.45. The first-order chi connectivity index (χ1) is 9.11. The molecule has 1 atom stereocenters. The average Bonchev–Trinajstić information content (AvgIpc) is 3.10. The maximum atomic E-state index is 4.28. The van der Waals surface area contributed by atoms with E-state index in [-0.39, 0.29) is 0 Å². The molecule has 96 valence electrons. The van der Waals surface area contributed by atoms with Crippen molar-refractivity contribution in [3.8, 4) is 0 Å². The molecule has 0 amide bonds. The molecule has 19 heavy (non-hydrogen) atoms. The molecule has 2 aromatic rings. The monoisotopic (exact) mass is 310 g/mol. The summed E-state index contributed by atoms with van der Waals surface area (Å²) in [6.45, 7) is 8.92. The molecule has 1 fully saturated rings. The first-order valence-electron chi connectivity index (χ1n) is 6.88. The molecule has 0 saturated carbocycles. The van der Waals surface area contributed by atoms with Gasteiger partial charge >= 0.3 is 118 Å². The molecule has 2 aromatic carbocycles. The Balaban J connectivity index is 2.18. The second-order valence-electron chi connectivity index (χ2n) is 5.93. The molecule has 1 heterocycles. The minimum atomic E-state index is -2.23. The van der Waals surface area contributed by atoms with Crippen LogP contribution in [0.15, 0.2) is 72.8 Å². The molecule has 0 nitrogen and oxygen atoms in total. The summed E-state index contributed by atoms with van der Waals surface area (Å²) < 4.78 is 3.56. The quantitative estimate of drug-likeness (QED) is 0.600. The summed E-state index contributed by atoms with van der Waals surface area (Å²) in [6.07, 6.45) is 0. The second-order valence-corrected chi connectivity index (χ2v) is 15.2. The van der Waals surface area contributed by atoms with E-state index in [2.05, 4.69) is 81.1 Å². The van der Waals surface area contributed by atoms with Crippen LogP contribution in [0, 0.1) is 0 Å². The van der Waals surface area contributed by atoms with E-state index in [1.54, 1.807) is 8.79 Å². The molecule has 1 unspecified atom stereocenters. The molecule has 0 spiro atoms. The molecule has 0 aromatic heterocycles. The van der Waals surface area contributed by atoms with Gasteiger partial charge in [0, 0.05) is 0 Å². The molecule has 1 saturated heterocycles. The van der Waals surface area contributed by atoms with Gasteiger partial charge in [0.2, 0.25) is 0 Å². The Labute approximate surface area is 118 Å². The van der Waals surface area contributed by atoms with Crippen molar-refractivity contribution in [2.24, 2.45) is 0 Å². The molecule has 1 heteroatoms. The summed E-state index contributed by atoms with van der Waals surface area (Å²) >= 11 is -2.23. The molecular formula is C18H20Ge. The number of hydrogen-bond acceptors (Lipinski definition) is 0. The van der Waals surface area contributed by atoms with Crippen LogP contribution >= 0.6 is 0 Å². The molecule has 1 aliphatic heterocycles. The fraction of sp³-hybridized carbons (Fsp3) is 0.222. The van der Waals surface area contributed by atoms with Crippen molar-refractivity contribution in [2.45, 2.75) is 23.3 Å². The van der Waals surface area contributed by atoms with E-state index in [1.807, 2.05) is 0 Å². The van der Waals surface area contributed by atoms with Crippen molar-refractivity contribution in [2.75, 3.05) is 0 Å². The Kier molecular flexibility index (Phi) is 2.94. The van der Waals surface area contributed by atoms with E-state index < -0.39 is 13.3 Å². The van der Waals surface area contributed by atoms with Gasteiger partial charge in [-0.25, -0.2) is 0 Å². The standard InChI is InChI=1S/C18H20Ge/c1-15(2)18(3)14-19(18,16-10-6-4-7-11-16)17-12-8-5-9-13-17/h4-13H,1,14H2,2-3H3. The van der Waals surface area contributed by atoms with Gasteiger partial charge < -0.3 is 0 Å². The van der Waals surface area contributed by atoms with Crippen molar-refractivity contribution in [3.05, 3.63) is 72.8 Å². The minimum absolute atomic E-state index is 0.364. The normalized spacial score (nSPS) is 23.9. The van der Waals surface area contributed by atoms with Crippen LogP contribution in [-0.2, 0) is 0 Å². The third-order valence-electron chi connectivity index (χ3n) is 4.91. The number of hydrogen-bond donors (Lipinski definition) is 0. The topological polar surface area (TPSA) is 0 Å². The van der Waals surface area contributed by atoms with E-state index in [0.717, 1.165) is 0 Å². The summed E-state index contributed by atoms with van der Waals surface area (Å²) in [4.78, 5) is 0. The van der Waals surface area contributed by atoms with Crippen LogP contribution in [0.3, 0.4) is 0 Å². The van der Waals surface area contributed by atoms with Crippen LogP contribution in [0.2, 0.25) is 9.50 Å². The summed E-state index contributed by atoms with van der Waals surface area (Å²) in [5, 5.41) is 1.34. The van der Waals surface area contributed by atoms with Gasteiger partial charge in [0.25, 0.3) is 0 Å². The fourth-order valence-corrected chi connectivity index (χ4v) is 17.0. The van der Waals surface area contributed by atoms with Crippen LogP contribution in [0.5, 0.6) is 0 Å². The Morgan fingerprint density at radius 3 is 1.68 bits per heavy atom. The summed E-state index contributed by atoms with van der Waals surface area (Å²) in [5.74, 6) is 0. The van der Waals surface area contributed by atoms with E-state index in [1.165, 1.54) is 10.8 Å². The molecule has 3 rings (SSSR count). The predicted octanol–water partition coefficient (Wildman–Crippen LogP) is 3.60. The van der Waals surface area contributed by atoms with Crippen LogP contribution in [0.4, 0.5) is 0 Å². The average molecular weight is 309 g/mol. The van der Waals surface area contributed by atoms with E-state index in [4.69, 9.17) is 0 Å². The van der Waals surface area contributed by atoms with Crippen LogP contribution < -0.4 is 8.79 Å². The van der Waals surface area contributed by atoms with Crippen LogP contribution in [-0.4, -0.2) is 13.3 Å². The van der Waals surface area contributed by atoms with Gasteiger partial charge in [0.1, 0.15) is 0 Å². The van der Waals surface area contributed by atoms with Gasteiger partial charge in [-0.05, 0) is 0 Å². The molecule has 0 radical (unpaired) electrons. The van der Waals surface area contributed by atoms with Crippen molar-refractivity contribution < 1.29 is 0 Å². The van der Waals surface area contributed by atoms with Gasteiger partial charge in [-0.3, -0.25) is 0 Å². The first-order valence-corrected chi connectivity index (χ1v) is 11.5. The van der Waals surface area contributed by atoms with Crippen molar-refractivity contribution in [1.82, 2.24) is 0 Å². The van der Waals surface area contributed by atoms with E-state index in [9.17, 15) is 0 Å². The van der Waals surface area contributed by atoms with Gasteiger partial charge in [-0.1, -0.05) is 0 Å². The van der Waals surface area contributed by atoms with Crippen molar-refractivity contribution >= 4 is 22.1 Å². The number of rotatable bonds is 3. The summed E-state index contributed by atoms with van der Waals surface area (Å²) in [6, 6.07) is 22.3. The van der Waals surface area contributed by atoms with Crippen LogP contribution in [0.1, 0.15) is 13.8 Å². The Bertz CT molecular complexity index is 561. The molecule has 0 aliphatic carbocycles. The maximum absolute atomic E-state index is 4.28. The zero-order valence-corrected chi connectivity index (χ0v) is 13.8. The molecule has 0 bridgehead atoms. The summed E-state index contributed by atoms with van der Waals surface area (Å²) in [5.41, 5.74) is 1.36. The molecular weight excluding hydrogens is 289 g/mol. The van der Waals surface area contributed by atoms with Gasteiger partial charge in [-0.15, -0.1) is 0 Å². The van der Waals surface area contributed by atoms with E-state index >= 15 is 0 Å². The Morgan fingerprint density at radius 1 is 0.947 bits per heavy atom. The predicted molar refractivity (Wildman–Crippen MR) is 85.9 cm³/mol. The third kappa shape index (κ3) is 1.73. The zero-order valence-electron chi connectivity index (χ0n) is 11.7. The first kappa shape index (κ1) is 12.7. The second kappa shape index (κ2) is 4.38. The van der Waals surface area contributed by atoms with Crippen molar-refractivity contribution in [1.29, 1.82) is 0 Å². The Morgan fingerprint density at radius 2 is 1.37 bits per heavy atom. The third-order valence-corrected chi connectivity index (χ3v) is 17.4. The van der Waals surface area contributed by atoms with Gasteiger partial charge in [0.15, 0.2) is 0 Å². The number of allylic oxidation sites excluding steroid dienone is 1. The van der Waals surface area contributed by atoms with Crippen LogP contribution in [0.25, 0.3) is 0 Å². The molecule has 1 aliphatic rings. The molecule has 0 N–H and O–H groups in total.